The van der Waals surface area contributed by atoms with Crippen molar-refractivity contribution in [3.8, 4) is 0 Å². The minimum Gasteiger partial charge on any atom is -0.465 e. The van der Waals surface area contributed by atoms with Gasteiger partial charge in [0.05, 0.1) is 24.8 Å². The molecule has 0 saturated carbocycles. The van der Waals surface area contributed by atoms with Gasteiger partial charge in [0.15, 0.2) is 17.4 Å². The molecule has 1 saturated heterocycles. The molecule has 1 aliphatic heterocycles. The van der Waals surface area contributed by atoms with E-state index in [9.17, 15) is 27.6 Å². The lowest BCUT2D eigenvalue weighted by Gasteiger charge is -2.30. The third-order valence-corrected chi connectivity index (χ3v) is 4.16. The fourth-order valence-corrected chi connectivity index (χ4v) is 2.82. The van der Waals surface area contributed by atoms with E-state index in [2.05, 4.69) is 0 Å². The summed E-state index contributed by atoms with van der Waals surface area (Å²) in [5.41, 5.74) is -3.05. The molecule has 1 aromatic carbocycles. The summed E-state index contributed by atoms with van der Waals surface area (Å²) in [6.07, 6.45) is -2.16. The molecule has 7 nitrogen and oxygen atoms in total. The van der Waals surface area contributed by atoms with Gasteiger partial charge in [0, 0.05) is 13.0 Å². The Morgan fingerprint density at radius 1 is 1.24 bits per heavy atom. The molecule has 0 bridgehead atoms. The highest BCUT2D eigenvalue weighted by molar-refractivity contribution is 5.98. The zero-order valence-electron chi connectivity index (χ0n) is 16.3. The second kappa shape index (κ2) is 8.81. The number of hydrogen-bond acceptors (Lipinski definition) is 5. The Balaban J connectivity index is 2.14. The Morgan fingerprint density at radius 3 is 2.48 bits per heavy atom. The Labute approximate surface area is 165 Å². The summed E-state index contributed by atoms with van der Waals surface area (Å²) < 4.78 is 53.2. The highest BCUT2D eigenvalue weighted by Crippen LogP contribution is 2.24. The number of nitrogens with zero attached hydrogens (tertiary/aromatic N) is 1. The van der Waals surface area contributed by atoms with Crippen molar-refractivity contribution in [2.45, 2.75) is 45.3 Å². The summed E-state index contributed by atoms with van der Waals surface area (Å²) in [5.74, 6) is -7.10. The van der Waals surface area contributed by atoms with Gasteiger partial charge in [0.2, 0.25) is 0 Å². The van der Waals surface area contributed by atoms with Crippen LogP contribution in [-0.4, -0.2) is 59.3 Å². The zero-order chi connectivity index (χ0) is 21.9. The number of morpholine rings is 1. The lowest BCUT2D eigenvalue weighted by molar-refractivity contribution is -0.0253. The van der Waals surface area contributed by atoms with Crippen LogP contribution in [0.1, 0.15) is 54.3 Å². The molecule has 2 rings (SSSR count). The molecule has 1 aliphatic rings. The number of esters is 1. The lowest BCUT2D eigenvalue weighted by Crippen LogP contribution is -2.45. The first-order chi connectivity index (χ1) is 13.4. The second-order valence-corrected chi connectivity index (χ2v) is 7.59. The number of hydrogen-bond donors (Lipinski definition) is 1. The van der Waals surface area contributed by atoms with E-state index in [0.717, 1.165) is 4.90 Å². The standard InChI is InChI=1S/C19H22F3NO6/c1-19(2,3)29-17(25)11-8-12(20)14(16(22)15(11)21)13(24)5-4-10-9-23(18(26)27)6-7-28-10/h8,10H,4-7,9H2,1-3H3,(H,26,27). The topological polar surface area (TPSA) is 93.1 Å². The van der Waals surface area contributed by atoms with Crippen molar-refractivity contribution in [3.05, 3.63) is 34.6 Å². The van der Waals surface area contributed by atoms with Gasteiger partial charge in [-0.25, -0.2) is 22.8 Å². The molecule has 0 spiro atoms. The summed E-state index contributed by atoms with van der Waals surface area (Å²) in [6.45, 7) is 4.84. The van der Waals surface area contributed by atoms with Crippen molar-refractivity contribution >= 4 is 17.8 Å². The monoisotopic (exact) mass is 417 g/mol. The Bertz CT molecular complexity index is 821. The molecule has 0 radical (unpaired) electrons. The van der Waals surface area contributed by atoms with Gasteiger partial charge in [-0.05, 0) is 33.3 Å². The van der Waals surface area contributed by atoms with Gasteiger partial charge in [-0.2, -0.15) is 0 Å². The van der Waals surface area contributed by atoms with Crippen LogP contribution < -0.4 is 0 Å². The van der Waals surface area contributed by atoms with Gasteiger partial charge in [0.1, 0.15) is 17.0 Å². The molecule has 0 aliphatic carbocycles. The van der Waals surface area contributed by atoms with Gasteiger partial charge in [0.25, 0.3) is 0 Å². The van der Waals surface area contributed by atoms with Gasteiger partial charge in [-0.1, -0.05) is 0 Å². The Hall–Kier alpha value is -2.62. The zero-order valence-corrected chi connectivity index (χ0v) is 16.3. The molecule has 29 heavy (non-hydrogen) atoms. The number of rotatable bonds is 5. The van der Waals surface area contributed by atoms with Crippen molar-refractivity contribution in [1.82, 2.24) is 4.90 Å². The van der Waals surface area contributed by atoms with Crippen molar-refractivity contribution in [3.63, 3.8) is 0 Å². The van der Waals surface area contributed by atoms with Crippen LogP contribution in [0.2, 0.25) is 0 Å². The fourth-order valence-electron chi connectivity index (χ4n) is 2.82. The molecular weight excluding hydrogens is 395 g/mol. The summed E-state index contributed by atoms with van der Waals surface area (Å²) in [6, 6.07) is 0.434. The molecule has 1 aromatic rings. The van der Waals surface area contributed by atoms with Crippen LogP contribution in [0.4, 0.5) is 18.0 Å². The number of carbonyl (C=O) groups is 3. The van der Waals surface area contributed by atoms with Crippen LogP contribution in [0.3, 0.4) is 0 Å². The van der Waals surface area contributed by atoms with Crippen LogP contribution in [-0.2, 0) is 9.47 Å². The summed E-state index contributed by atoms with van der Waals surface area (Å²) in [4.78, 5) is 36.3. The van der Waals surface area contributed by atoms with Gasteiger partial charge >= 0.3 is 12.1 Å². The Morgan fingerprint density at radius 2 is 1.90 bits per heavy atom. The third-order valence-electron chi connectivity index (χ3n) is 4.16. The van der Waals surface area contributed by atoms with Crippen LogP contribution in [0.5, 0.6) is 0 Å². The SMILES string of the molecule is CC(C)(C)OC(=O)c1cc(F)c(C(=O)CCC2CN(C(=O)O)CCO2)c(F)c1F. The molecule has 1 atom stereocenters. The minimum absolute atomic E-state index is 0.00305. The fraction of sp³-hybridized carbons (Fsp3) is 0.526. The van der Waals surface area contributed by atoms with Crippen LogP contribution in [0, 0.1) is 17.5 Å². The number of Topliss-reactive ketones (excluding diaryl/α,β-unsaturated/α-hetero) is 1. The minimum atomic E-state index is -1.77. The molecule has 10 heteroatoms. The maximum Gasteiger partial charge on any atom is 0.407 e. The maximum atomic E-state index is 14.3. The number of carboxylic acid groups (broad SMARTS) is 1. The quantitative estimate of drug-likeness (QED) is 0.448. The van der Waals surface area contributed by atoms with Crippen LogP contribution in [0.25, 0.3) is 0 Å². The average molecular weight is 417 g/mol. The van der Waals surface area contributed by atoms with E-state index >= 15 is 0 Å². The van der Waals surface area contributed by atoms with E-state index in [4.69, 9.17) is 14.6 Å². The van der Waals surface area contributed by atoms with Crippen LogP contribution in [0.15, 0.2) is 6.07 Å². The molecular formula is C19H22F3NO6. The number of halogens is 3. The second-order valence-electron chi connectivity index (χ2n) is 7.59. The third kappa shape index (κ3) is 5.69. The van der Waals surface area contributed by atoms with E-state index in [-0.39, 0.29) is 26.1 Å². The highest BCUT2D eigenvalue weighted by Gasteiger charge is 2.30. The first-order valence-electron chi connectivity index (χ1n) is 8.94. The van der Waals surface area contributed by atoms with E-state index < -0.39 is 64.6 Å². The first kappa shape index (κ1) is 22.7. The summed E-state index contributed by atoms with van der Waals surface area (Å²) in [5, 5.41) is 8.98. The van der Waals surface area contributed by atoms with Gasteiger partial charge < -0.3 is 19.5 Å². The predicted octanol–water partition coefficient (Wildman–Crippen LogP) is 3.40. The van der Waals surface area contributed by atoms with Crippen molar-refractivity contribution in [1.29, 1.82) is 0 Å². The molecule has 160 valence electrons. The van der Waals surface area contributed by atoms with Crippen molar-refractivity contribution in [2.75, 3.05) is 19.7 Å². The maximum absolute atomic E-state index is 14.3. The smallest absolute Gasteiger partial charge is 0.407 e. The number of ketones is 1. The predicted molar refractivity (Wildman–Crippen MR) is 94.4 cm³/mol. The number of benzene rings is 1. The van der Waals surface area contributed by atoms with E-state index in [1.807, 2.05) is 0 Å². The number of amides is 1. The summed E-state index contributed by atoms with van der Waals surface area (Å²) >= 11 is 0. The van der Waals surface area contributed by atoms with Gasteiger partial charge in [-0.3, -0.25) is 4.79 Å². The van der Waals surface area contributed by atoms with E-state index in [1.165, 1.54) is 20.8 Å². The average Bonchev–Trinajstić information content (AvgIpc) is 2.61. The van der Waals surface area contributed by atoms with E-state index in [1.54, 1.807) is 0 Å². The largest absolute Gasteiger partial charge is 0.465 e. The van der Waals surface area contributed by atoms with E-state index in [0.29, 0.717) is 6.07 Å². The molecule has 1 heterocycles. The molecule has 1 unspecified atom stereocenters. The Kier molecular flexibility index (Phi) is 6.89. The van der Waals surface area contributed by atoms with Gasteiger partial charge in [-0.15, -0.1) is 0 Å². The van der Waals surface area contributed by atoms with Crippen molar-refractivity contribution in [2.24, 2.45) is 0 Å². The normalized spacial score (nSPS) is 17.2. The first-order valence-corrected chi connectivity index (χ1v) is 8.94. The molecule has 1 fully saturated rings. The molecule has 1 amide bonds. The number of ether oxygens (including phenoxy) is 2. The highest BCUT2D eigenvalue weighted by atomic mass is 19.2. The van der Waals surface area contributed by atoms with Crippen LogP contribution >= 0.6 is 0 Å². The molecule has 1 N–H and O–H groups in total. The lowest BCUT2D eigenvalue weighted by atomic mass is 10.0. The number of carbonyl (C=O) groups excluding carboxylic acids is 2. The molecule has 0 aromatic heterocycles. The summed E-state index contributed by atoms with van der Waals surface area (Å²) in [7, 11) is 0. The van der Waals surface area contributed by atoms with Crippen molar-refractivity contribution < 1.29 is 42.1 Å².